The largest absolute Gasteiger partial charge is 0.481 e. The van der Waals surface area contributed by atoms with E-state index < -0.39 is 10.0 Å². The van der Waals surface area contributed by atoms with Gasteiger partial charge in [-0.05, 0) is 12.5 Å². The van der Waals surface area contributed by atoms with E-state index in [9.17, 15) is 8.42 Å². The van der Waals surface area contributed by atoms with E-state index in [0.717, 1.165) is 11.4 Å². The molecule has 25 heavy (non-hydrogen) atoms. The van der Waals surface area contributed by atoms with Gasteiger partial charge in [0.15, 0.2) is 0 Å². The zero-order valence-corrected chi connectivity index (χ0v) is 15.2. The number of aromatic nitrogens is 2. The maximum absolute atomic E-state index is 12.6. The Morgan fingerprint density at radius 1 is 1.08 bits per heavy atom. The average Bonchev–Trinajstić information content (AvgIpc) is 2.62. The lowest BCUT2D eigenvalue weighted by atomic mass is 10.2. The molecule has 2 aromatic rings. The van der Waals surface area contributed by atoms with Crippen molar-refractivity contribution >= 4 is 15.8 Å². The highest BCUT2D eigenvalue weighted by molar-refractivity contribution is 7.88. The highest BCUT2D eigenvalue weighted by Gasteiger charge is 2.27. The fraction of sp³-hybridized carbons (Fsp3) is 0.412. The Bertz CT molecular complexity index is 819. The monoisotopic (exact) mass is 362 g/mol. The second kappa shape index (κ2) is 7.37. The summed E-state index contributed by atoms with van der Waals surface area (Å²) in [5.74, 6) is 1.95. The van der Waals surface area contributed by atoms with E-state index in [1.54, 1.807) is 17.5 Å². The third-order valence-corrected chi connectivity index (χ3v) is 6.01. The second-order valence-electron chi connectivity index (χ2n) is 5.94. The highest BCUT2D eigenvalue weighted by atomic mass is 32.2. The highest BCUT2D eigenvalue weighted by Crippen LogP contribution is 2.20. The van der Waals surface area contributed by atoms with Crippen LogP contribution in [0, 0.1) is 6.92 Å². The number of sulfonamides is 1. The maximum Gasteiger partial charge on any atom is 0.218 e. The lowest BCUT2D eigenvalue weighted by Crippen LogP contribution is -2.49. The molecule has 0 aliphatic carbocycles. The summed E-state index contributed by atoms with van der Waals surface area (Å²) in [6.45, 7) is 3.88. The van der Waals surface area contributed by atoms with E-state index in [1.807, 2.05) is 37.3 Å². The Morgan fingerprint density at radius 3 is 2.40 bits per heavy atom. The van der Waals surface area contributed by atoms with Gasteiger partial charge < -0.3 is 9.64 Å². The van der Waals surface area contributed by atoms with Crippen molar-refractivity contribution < 1.29 is 13.2 Å². The van der Waals surface area contributed by atoms with Crippen LogP contribution in [0.25, 0.3) is 0 Å². The molecule has 2 heterocycles. The van der Waals surface area contributed by atoms with Crippen LogP contribution in [0.1, 0.15) is 11.4 Å². The number of piperazine rings is 1. The molecule has 0 amide bonds. The minimum atomic E-state index is -3.31. The predicted molar refractivity (Wildman–Crippen MR) is 96.2 cm³/mol. The summed E-state index contributed by atoms with van der Waals surface area (Å²) >= 11 is 0. The van der Waals surface area contributed by atoms with E-state index in [-0.39, 0.29) is 5.75 Å². The predicted octanol–water partition coefficient (Wildman–Crippen LogP) is 1.45. The molecular formula is C17H22N4O3S. The van der Waals surface area contributed by atoms with Crippen molar-refractivity contribution in [3.05, 3.63) is 47.8 Å². The molecule has 0 bridgehead atoms. The first-order valence-electron chi connectivity index (χ1n) is 8.14. The Hall–Kier alpha value is -2.19. The molecule has 0 N–H and O–H groups in total. The van der Waals surface area contributed by atoms with Gasteiger partial charge in [-0.3, -0.25) is 0 Å². The van der Waals surface area contributed by atoms with Crippen molar-refractivity contribution in [1.29, 1.82) is 0 Å². The van der Waals surface area contributed by atoms with Crippen LogP contribution < -0.4 is 9.64 Å². The average molecular weight is 362 g/mol. The molecule has 1 aromatic heterocycles. The fourth-order valence-corrected chi connectivity index (χ4v) is 4.38. The summed E-state index contributed by atoms with van der Waals surface area (Å²) in [5, 5.41) is 0. The summed E-state index contributed by atoms with van der Waals surface area (Å²) in [5.41, 5.74) is 0.807. The summed E-state index contributed by atoms with van der Waals surface area (Å²) in [6.07, 6.45) is 0. The second-order valence-corrected chi connectivity index (χ2v) is 7.91. The van der Waals surface area contributed by atoms with Crippen LogP contribution in [0.4, 0.5) is 5.82 Å². The molecule has 3 rings (SSSR count). The van der Waals surface area contributed by atoms with Crippen molar-refractivity contribution in [3.8, 4) is 5.88 Å². The summed E-state index contributed by atoms with van der Waals surface area (Å²) in [6, 6.07) is 11.0. The van der Waals surface area contributed by atoms with Gasteiger partial charge in [0.2, 0.25) is 15.9 Å². The smallest absolute Gasteiger partial charge is 0.218 e. The molecule has 0 unspecified atom stereocenters. The molecule has 0 spiro atoms. The molecule has 0 radical (unpaired) electrons. The van der Waals surface area contributed by atoms with Gasteiger partial charge in [-0.25, -0.2) is 13.4 Å². The number of anilines is 1. The number of aryl methyl sites for hydroxylation is 1. The van der Waals surface area contributed by atoms with Gasteiger partial charge in [0.05, 0.1) is 12.9 Å². The molecule has 1 aliphatic rings. The first-order valence-corrected chi connectivity index (χ1v) is 9.75. The van der Waals surface area contributed by atoms with Gasteiger partial charge in [-0.15, -0.1) is 0 Å². The van der Waals surface area contributed by atoms with Gasteiger partial charge in [0.25, 0.3) is 0 Å². The van der Waals surface area contributed by atoms with E-state index in [1.165, 1.54) is 0 Å². The SMILES string of the molecule is COc1cc(N2CCN(S(=O)(=O)Cc3ccccc3)CC2)nc(C)n1. The van der Waals surface area contributed by atoms with Crippen molar-refractivity contribution in [3.63, 3.8) is 0 Å². The topological polar surface area (TPSA) is 75.6 Å². The number of methoxy groups -OCH3 is 1. The molecule has 1 fully saturated rings. The zero-order valence-electron chi connectivity index (χ0n) is 14.4. The van der Waals surface area contributed by atoms with Gasteiger partial charge in [0, 0.05) is 32.2 Å². The maximum atomic E-state index is 12.6. The normalized spacial score (nSPS) is 16.0. The zero-order chi connectivity index (χ0) is 17.9. The molecule has 0 saturated carbocycles. The number of hydrogen-bond donors (Lipinski definition) is 0. The summed E-state index contributed by atoms with van der Waals surface area (Å²) in [7, 11) is -1.74. The Balaban J connectivity index is 1.66. The molecular weight excluding hydrogens is 340 g/mol. The summed E-state index contributed by atoms with van der Waals surface area (Å²) in [4.78, 5) is 10.7. The standard InChI is InChI=1S/C17H22N4O3S/c1-14-18-16(12-17(19-14)24-2)20-8-10-21(11-9-20)25(22,23)13-15-6-4-3-5-7-15/h3-7,12H,8-11,13H2,1-2H3. The Kier molecular flexibility index (Phi) is 5.19. The molecule has 0 atom stereocenters. The van der Waals surface area contributed by atoms with Gasteiger partial charge in [-0.1, -0.05) is 30.3 Å². The van der Waals surface area contributed by atoms with Crippen LogP contribution in [-0.2, 0) is 15.8 Å². The third kappa shape index (κ3) is 4.26. The van der Waals surface area contributed by atoms with Crippen molar-refractivity contribution in [2.45, 2.75) is 12.7 Å². The lowest BCUT2D eigenvalue weighted by molar-refractivity contribution is 0.380. The van der Waals surface area contributed by atoms with Crippen LogP contribution in [0.2, 0.25) is 0 Å². The minimum Gasteiger partial charge on any atom is -0.481 e. The number of rotatable bonds is 5. The van der Waals surface area contributed by atoms with Crippen LogP contribution in [0.3, 0.4) is 0 Å². The number of nitrogens with zero attached hydrogens (tertiary/aromatic N) is 4. The van der Waals surface area contributed by atoms with E-state index in [2.05, 4.69) is 14.9 Å². The summed E-state index contributed by atoms with van der Waals surface area (Å²) < 4.78 is 32.0. The lowest BCUT2D eigenvalue weighted by Gasteiger charge is -2.34. The Morgan fingerprint density at radius 2 is 1.76 bits per heavy atom. The van der Waals surface area contributed by atoms with E-state index >= 15 is 0 Å². The number of hydrogen-bond acceptors (Lipinski definition) is 6. The van der Waals surface area contributed by atoms with E-state index in [0.29, 0.717) is 37.9 Å². The molecule has 1 saturated heterocycles. The van der Waals surface area contributed by atoms with Crippen LogP contribution in [0.5, 0.6) is 5.88 Å². The van der Waals surface area contributed by atoms with Crippen LogP contribution in [0.15, 0.2) is 36.4 Å². The van der Waals surface area contributed by atoms with E-state index in [4.69, 9.17) is 4.74 Å². The molecule has 8 heteroatoms. The van der Waals surface area contributed by atoms with Gasteiger partial charge >= 0.3 is 0 Å². The number of ether oxygens (including phenoxy) is 1. The van der Waals surface area contributed by atoms with Gasteiger partial charge in [0.1, 0.15) is 11.6 Å². The number of benzene rings is 1. The van der Waals surface area contributed by atoms with Crippen LogP contribution in [-0.4, -0.2) is 56.0 Å². The van der Waals surface area contributed by atoms with Crippen molar-refractivity contribution in [2.75, 3.05) is 38.2 Å². The first kappa shape index (κ1) is 17.6. The molecule has 1 aliphatic heterocycles. The molecule has 134 valence electrons. The van der Waals surface area contributed by atoms with Crippen LogP contribution >= 0.6 is 0 Å². The first-order chi connectivity index (χ1) is 12.0. The van der Waals surface area contributed by atoms with Gasteiger partial charge in [-0.2, -0.15) is 9.29 Å². The molecule has 7 nitrogen and oxygen atoms in total. The fourth-order valence-electron chi connectivity index (χ4n) is 2.86. The Labute approximate surface area is 148 Å². The van der Waals surface area contributed by atoms with Crippen molar-refractivity contribution in [1.82, 2.24) is 14.3 Å². The third-order valence-electron chi connectivity index (χ3n) is 4.16. The quantitative estimate of drug-likeness (QED) is 0.801. The minimum absolute atomic E-state index is 0.0360. The van der Waals surface area contributed by atoms with Crippen molar-refractivity contribution in [2.24, 2.45) is 0 Å². The molecule has 1 aromatic carbocycles.